The number of carbonyl (C=O) groups is 2. The lowest BCUT2D eigenvalue weighted by molar-refractivity contribution is 0.0218. The summed E-state index contributed by atoms with van der Waals surface area (Å²) in [6.07, 6.45) is 5.60. The first kappa shape index (κ1) is 28.3. The number of aromatic nitrogens is 4. The lowest BCUT2D eigenvalue weighted by Crippen LogP contribution is -2.36. The van der Waals surface area contributed by atoms with E-state index in [0.29, 0.717) is 30.4 Å². The van der Waals surface area contributed by atoms with Gasteiger partial charge in [0.1, 0.15) is 28.7 Å². The fraction of sp³-hybridized carbons (Fsp3) is 0.375. The van der Waals surface area contributed by atoms with Crippen LogP contribution in [0.4, 0.5) is 9.59 Å². The number of nitrogens with one attached hydrogen (secondary N) is 2. The number of ether oxygens (including phenoxy) is 2. The summed E-state index contributed by atoms with van der Waals surface area (Å²) in [5.41, 5.74) is 2.96. The maximum absolute atomic E-state index is 12.7. The highest BCUT2D eigenvalue weighted by atomic mass is 16.6. The van der Waals surface area contributed by atoms with Crippen LogP contribution < -0.4 is 4.74 Å². The SMILES string of the molecule is CC(C)(C)OC(=O)N1CCCC1c1ncc(-c2ccc(Oc3cccc(-c4cnc(C5CCCN5C(=O)O)[nH]4)c3)cc2)[nH]1. The zero-order valence-electron chi connectivity index (χ0n) is 24.5. The summed E-state index contributed by atoms with van der Waals surface area (Å²) in [6, 6.07) is 15.0. The zero-order valence-corrected chi connectivity index (χ0v) is 24.5. The van der Waals surface area contributed by atoms with E-state index in [-0.39, 0.29) is 18.2 Å². The lowest BCUT2D eigenvalue weighted by Gasteiger charge is -2.27. The number of H-pyrrole nitrogens is 2. The highest BCUT2D eigenvalue weighted by Gasteiger charge is 2.35. The number of benzene rings is 2. The molecule has 2 atom stereocenters. The third kappa shape index (κ3) is 6.20. The van der Waals surface area contributed by atoms with Gasteiger partial charge >= 0.3 is 12.2 Å². The number of hydrogen-bond acceptors (Lipinski definition) is 6. The number of nitrogens with zero attached hydrogens (tertiary/aromatic N) is 4. The molecule has 11 nitrogen and oxygen atoms in total. The topological polar surface area (TPSA) is 137 Å². The molecule has 0 bridgehead atoms. The van der Waals surface area contributed by atoms with Gasteiger partial charge in [0, 0.05) is 18.7 Å². The molecule has 2 aliphatic heterocycles. The van der Waals surface area contributed by atoms with Gasteiger partial charge in [-0.2, -0.15) is 0 Å². The van der Waals surface area contributed by atoms with Crippen LogP contribution in [0.2, 0.25) is 0 Å². The first-order chi connectivity index (χ1) is 20.6. The van der Waals surface area contributed by atoms with Gasteiger partial charge in [-0.05, 0) is 88.4 Å². The number of likely N-dealkylation sites (tertiary alicyclic amines) is 2. The summed E-state index contributed by atoms with van der Waals surface area (Å²) in [5.74, 6) is 2.76. The normalized spacial score (nSPS) is 18.7. The Hall–Kier alpha value is -4.80. The fourth-order valence-electron chi connectivity index (χ4n) is 5.74. The van der Waals surface area contributed by atoms with Crippen molar-refractivity contribution in [2.24, 2.45) is 0 Å². The standard InChI is InChI=1S/C32H36N6O5/c1-32(2,3)43-31(41)38-16-6-10-27(38)29-33-18-24(35-29)20-11-13-22(14-12-20)42-23-8-4-7-21(17-23)25-19-34-28(36-25)26-9-5-15-37(26)30(39)40/h4,7-8,11-14,17-19,26-27H,5-6,9-10,15-16H2,1-3H3,(H,33,35)(H,34,36)(H,39,40). The van der Waals surface area contributed by atoms with Gasteiger partial charge in [0.25, 0.3) is 0 Å². The smallest absolute Gasteiger partial charge is 0.410 e. The third-order valence-electron chi connectivity index (χ3n) is 7.75. The molecule has 2 aromatic heterocycles. The van der Waals surface area contributed by atoms with Gasteiger partial charge < -0.3 is 24.5 Å². The molecule has 0 spiro atoms. The fourth-order valence-corrected chi connectivity index (χ4v) is 5.74. The molecule has 4 heterocycles. The average molecular weight is 585 g/mol. The summed E-state index contributed by atoms with van der Waals surface area (Å²) >= 11 is 0. The molecular formula is C32H36N6O5. The molecule has 2 fully saturated rings. The third-order valence-corrected chi connectivity index (χ3v) is 7.75. The van der Waals surface area contributed by atoms with Crippen LogP contribution >= 0.6 is 0 Å². The van der Waals surface area contributed by atoms with Crippen molar-refractivity contribution >= 4 is 12.2 Å². The van der Waals surface area contributed by atoms with Crippen LogP contribution in [0.5, 0.6) is 11.5 Å². The van der Waals surface area contributed by atoms with Gasteiger partial charge in [0.15, 0.2) is 0 Å². The van der Waals surface area contributed by atoms with Crippen molar-refractivity contribution in [2.45, 2.75) is 64.1 Å². The Morgan fingerprint density at radius 1 is 0.837 bits per heavy atom. The van der Waals surface area contributed by atoms with Crippen molar-refractivity contribution in [1.82, 2.24) is 29.7 Å². The van der Waals surface area contributed by atoms with E-state index in [1.165, 1.54) is 4.90 Å². The number of aromatic amines is 2. The molecule has 0 aliphatic carbocycles. The van der Waals surface area contributed by atoms with E-state index in [0.717, 1.165) is 54.0 Å². The van der Waals surface area contributed by atoms with E-state index in [1.54, 1.807) is 17.3 Å². The Bertz CT molecular complexity index is 1600. The quantitative estimate of drug-likeness (QED) is 0.219. The first-order valence-corrected chi connectivity index (χ1v) is 14.6. The minimum Gasteiger partial charge on any atom is -0.465 e. The molecule has 224 valence electrons. The largest absolute Gasteiger partial charge is 0.465 e. The highest BCUT2D eigenvalue weighted by Crippen LogP contribution is 2.35. The molecule has 0 saturated carbocycles. The van der Waals surface area contributed by atoms with Crippen molar-refractivity contribution in [3.05, 3.63) is 72.6 Å². The van der Waals surface area contributed by atoms with Gasteiger partial charge in [-0.1, -0.05) is 12.1 Å². The van der Waals surface area contributed by atoms with Crippen molar-refractivity contribution in [3.63, 3.8) is 0 Å². The maximum Gasteiger partial charge on any atom is 0.410 e. The Morgan fingerprint density at radius 2 is 1.44 bits per heavy atom. The zero-order chi connectivity index (χ0) is 30.1. The average Bonchev–Trinajstić information content (AvgIpc) is 3.78. The van der Waals surface area contributed by atoms with Crippen molar-refractivity contribution in [3.8, 4) is 34.0 Å². The van der Waals surface area contributed by atoms with Gasteiger partial charge in [0.2, 0.25) is 0 Å². The predicted molar refractivity (Wildman–Crippen MR) is 160 cm³/mol. The Kier molecular flexibility index (Phi) is 7.55. The van der Waals surface area contributed by atoms with Crippen LogP contribution in [0.1, 0.15) is 70.2 Å². The highest BCUT2D eigenvalue weighted by molar-refractivity contribution is 5.69. The molecule has 4 aromatic rings. The second-order valence-electron chi connectivity index (χ2n) is 12.0. The van der Waals surface area contributed by atoms with Crippen LogP contribution in [0.3, 0.4) is 0 Å². The number of hydrogen-bond donors (Lipinski definition) is 3. The summed E-state index contributed by atoms with van der Waals surface area (Å²) in [4.78, 5) is 43.2. The van der Waals surface area contributed by atoms with E-state index >= 15 is 0 Å². The summed E-state index contributed by atoms with van der Waals surface area (Å²) in [6.45, 7) is 6.78. The van der Waals surface area contributed by atoms with E-state index in [2.05, 4.69) is 19.9 Å². The van der Waals surface area contributed by atoms with Crippen molar-refractivity contribution in [2.75, 3.05) is 13.1 Å². The maximum atomic E-state index is 12.7. The number of amides is 2. The minimum absolute atomic E-state index is 0.140. The molecule has 2 aromatic carbocycles. The first-order valence-electron chi connectivity index (χ1n) is 14.6. The van der Waals surface area contributed by atoms with Gasteiger partial charge in [0.05, 0.1) is 35.9 Å². The molecule has 2 amide bonds. The lowest BCUT2D eigenvalue weighted by atomic mass is 10.1. The van der Waals surface area contributed by atoms with Crippen LogP contribution in [0.15, 0.2) is 60.9 Å². The van der Waals surface area contributed by atoms with Crippen molar-refractivity contribution < 1.29 is 24.2 Å². The monoisotopic (exact) mass is 584 g/mol. The molecule has 2 unspecified atom stereocenters. The molecular weight excluding hydrogens is 548 g/mol. The van der Waals surface area contributed by atoms with E-state index in [1.807, 2.05) is 69.3 Å². The molecule has 3 N–H and O–H groups in total. The predicted octanol–water partition coefficient (Wildman–Crippen LogP) is 7.15. The second-order valence-corrected chi connectivity index (χ2v) is 12.0. The van der Waals surface area contributed by atoms with Gasteiger partial charge in [-0.3, -0.25) is 9.80 Å². The minimum atomic E-state index is -0.923. The van der Waals surface area contributed by atoms with E-state index < -0.39 is 11.7 Å². The molecule has 43 heavy (non-hydrogen) atoms. The van der Waals surface area contributed by atoms with E-state index in [4.69, 9.17) is 9.47 Å². The van der Waals surface area contributed by atoms with Crippen molar-refractivity contribution in [1.29, 1.82) is 0 Å². The number of imidazole rings is 2. The van der Waals surface area contributed by atoms with E-state index in [9.17, 15) is 14.7 Å². The summed E-state index contributed by atoms with van der Waals surface area (Å²) < 4.78 is 11.7. The number of carbonyl (C=O) groups excluding carboxylic acids is 1. The molecule has 2 aliphatic rings. The Morgan fingerprint density at radius 3 is 2.07 bits per heavy atom. The Labute approximate surface area is 249 Å². The second kappa shape index (κ2) is 11.5. The van der Waals surface area contributed by atoms with Crippen LogP contribution in [0.25, 0.3) is 22.5 Å². The summed E-state index contributed by atoms with van der Waals surface area (Å²) in [7, 11) is 0. The molecule has 2 saturated heterocycles. The summed E-state index contributed by atoms with van der Waals surface area (Å²) in [5, 5.41) is 9.48. The number of carboxylic acid groups (broad SMARTS) is 1. The van der Waals surface area contributed by atoms with Crippen LogP contribution in [-0.2, 0) is 4.74 Å². The Balaban J connectivity index is 1.12. The van der Waals surface area contributed by atoms with Gasteiger partial charge in [-0.15, -0.1) is 0 Å². The van der Waals surface area contributed by atoms with Gasteiger partial charge in [-0.25, -0.2) is 19.6 Å². The van der Waals surface area contributed by atoms with Crippen LogP contribution in [-0.4, -0.2) is 65.7 Å². The van der Waals surface area contributed by atoms with Crippen LogP contribution in [0, 0.1) is 0 Å². The molecule has 0 radical (unpaired) electrons. The molecule has 6 rings (SSSR count). The number of rotatable bonds is 6. The molecule has 11 heteroatoms.